The number of nitrogens with zero attached hydrogens (tertiary/aromatic N) is 2. The van der Waals surface area contributed by atoms with E-state index in [1.54, 1.807) is 6.92 Å². The van der Waals surface area contributed by atoms with E-state index in [0.717, 1.165) is 0 Å². The second-order valence-electron chi connectivity index (χ2n) is 4.18. The quantitative estimate of drug-likeness (QED) is 0.765. The molecule has 0 aliphatic rings. The Morgan fingerprint density at radius 3 is 2.29 bits per heavy atom. The van der Waals surface area contributed by atoms with Crippen molar-refractivity contribution in [3.8, 4) is 0 Å². The van der Waals surface area contributed by atoms with Crippen LogP contribution in [-0.4, -0.2) is 50.0 Å². The minimum Gasteiger partial charge on any atom is -0.382 e. The van der Waals surface area contributed by atoms with Gasteiger partial charge in [0, 0.05) is 33.4 Å². The number of nitrogens with one attached hydrogen (secondary N) is 2. The fourth-order valence-electron chi connectivity index (χ4n) is 1.55. The summed E-state index contributed by atoms with van der Waals surface area (Å²) in [4.78, 5) is 6.90. The van der Waals surface area contributed by atoms with Gasteiger partial charge in [0.1, 0.15) is 11.6 Å². The summed E-state index contributed by atoms with van der Waals surface area (Å²) in [6.07, 6.45) is -4.89. The third-order valence-corrected chi connectivity index (χ3v) is 2.53. The molecule has 2 N–H and O–H groups in total. The molecule has 0 aromatic carbocycles. The van der Waals surface area contributed by atoms with Crippen LogP contribution in [0.25, 0.3) is 0 Å². The van der Waals surface area contributed by atoms with Gasteiger partial charge in [-0.05, 0) is 6.92 Å². The van der Waals surface area contributed by atoms with Gasteiger partial charge >= 0.3 is 6.18 Å². The lowest BCUT2D eigenvalue weighted by Gasteiger charge is -2.16. The molecule has 0 saturated carbocycles. The Labute approximate surface area is 121 Å². The van der Waals surface area contributed by atoms with E-state index in [1.807, 2.05) is 0 Å². The molecule has 120 valence electrons. The predicted molar refractivity (Wildman–Crippen MR) is 72.4 cm³/mol. The standard InChI is InChI=1S/C12H19F3N4O2/c1-4-16-9-5-10(17-6-8(21-3)7-20-2)19-11(18-9)12(13,14)15/h5,8H,4,6-7H2,1-3H3,(H2,16,17,18,19). The van der Waals surface area contributed by atoms with Gasteiger partial charge in [-0.1, -0.05) is 0 Å². The molecule has 1 atom stereocenters. The maximum Gasteiger partial charge on any atom is 0.451 e. The number of hydrogen-bond acceptors (Lipinski definition) is 6. The van der Waals surface area contributed by atoms with Crippen molar-refractivity contribution < 1.29 is 22.6 Å². The van der Waals surface area contributed by atoms with Crippen LogP contribution in [0.3, 0.4) is 0 Å². The Morgan fingerprint density at radius 1 is 1.19 bits per heavy atom. The Hall–Kier alpha value is -1.61. The molecule has 1 rings (SSSR count). The molecule has 0 spiro atoms. The number of halogens is 3. The Morgan fingerprint density at radius 2 is 1.81 bits per heavy atom. The number of methoxy groups -OCH3 is 2. The summed E-state index contributed by atoms with van der Waals surface area (Å²) in [5.74, 6) is -1.00. The maximum atomic E-state index is 12.7. The molecule has 0 amide bonds. The summed E-state index contributed by atoms with van der Waals surface area (Å²) >= 11 is 0. The van der Waals surface area contributed by atoms with Crippen LogP contribution in [0.5, 0.6) is 0 Å². The van der Waals surface area contributed by atoms with E-state index >= 15 is 0 Å². The number of alkyl halides is 3. The Kier molecular flexibility index (Phi) is 6.63. The molecule has 1 aromatic rings. The van der Waals surface area contributed by atoms with E-state index in [1.165, 1.54) is 20.3 Å². The van der Waals surface area contributed by atoms with Crippen LogP contribution >= 0.6 is 0 Å². The van der Waals surface area contributed by atoms with Crippen molar-refractivity contribution in [1.29, 1.82) is 0 Å². The van der Waals surface area contributed by atoms with Gasteiger partial charge in [-0.3, -0.25) is 0 Å². The third-order valence-electron chi connectivity index (χ3n) is 2.53. The lowest BCUT2D eigenvalue weighted by molar-refractivity contribution is -0.144. The summed E-state index contributed by atoms with van der Waals surface area (Å²) < 4.78 is 48.3. The van der Waals surface area contributed by atoms with Crippen molar-refractivity contribution in [3.05, 3.63) is 11.9 Å². The van der Waals surface area contributed by atoms with E-state index in [0.29, 0.717) is 13.2 Å². The normalized spacial score (nSPS) is 13.0. The van der Waals surface area contributed by atoms with Crippen LogP contribution in [-0.2, 0) is 15.7 Å². The van der Waals surface area contributed by atoms with Crippen molar-refractivity contribution in [2.45, 2.75) is 19.2 Å². The molecule has 0 bridgehead atoms. The first-order chi connectivity index (χ1) is 9.90. The first-order valence-corrected chi connectivity index (χ1v) is 6.36. The first-order valence-electron chi connectivity index (χ1n) is 6.36. The highest BCUT2D eigenvalue weighted by molar-refractivity contribution is 5.47. The molecule has 1 heterocycles. The Balaban J connectivity index is 2.87. The van der Waals surface area contributed by atoms with Gasteiger partial charge in [0.15, 0.2) is 0 Å². The van der Waals surface area contributed by atoms with Crippen LogP contribution in [0, 0.1) is 0 Å². The van der Waals surface area contributed by atoms with Crippen LogP contribution in [0.2, 0.25) is 0 Å². The molecule has 0 aliphatic heterocycles. The Bertz CT molecular complexity index is 443. The van der Waals surface area contributed by atoms with Crippen LogP contribution in [0.4, 0.5) is 24.8 Å². The van der Waals surface area contributed by atoms with Crippen LogP contribution < -0.4 is 10.6 Å². The topological polar surface area (TPSA) is 68.3 Å². The summed E-state index contributed by atoms with van der Waals surface area (Å²) in [5, 5.41) is 5.54. The molecule has 1 unspecified atom stereocenters. The van der Waals surface area contributed by atoms with Gasteiger partial charge in [0.2, 0.25) is 5.82 Å². The summed E-state index contributed by atoms with van der Waals surface area (Å²) in [7, 11) is 3.01. The number of ether oxygens (including phenoxy) is 2. The minimum absolute atomic E-state index is 0.0754. The fourth-order valence-corrected chi connectivity index (χ4v) is 1.55. The highest BCUT2D eigenvalue weighted by Gasteiger charge is 2.35. The summed E-state index contributed by atoms with van der Waals surface area (Å²) in [6.45, 7) is 2.81. The van der Waals surface area contributed by atoms with E-state index in [-0.39, 0.29) is 24.3 Å². The predicted octanol–water partition coefficient (Wildman–Crippen LogP) is 2.00. The van der Waals surface area contributed by atoms with E-state index in [4.69, 9.17) is 9.47 Å². The average Bonchev–Trinajstić information content (AvgIpc) is 2.42. The monoisotopic (exact) mass is 308 g/mol. The fraction of sp³-hybridized carbons (Fsp3) is 0.667. The SMILES string of the molecule is CCNc1cc(NCC(COC)OC)nc(C(F)(F)F)n1. The largest absolute Gasteiger partial charge is 0.451 e. The third kappa shape index (κ3) is 5.72. The molecule has 6 nitrogen and oxygen atoms in total. The minimum atomic E-state index is -4.60. The number of hydrogen-bond donors (Lipinski definition) is 2. The maximum absolute atomic E-state index is 12.7. The summed E-state index contributed by atoms with van der Waals surface area (Å²) in [5.41, 5.74) is 0. The zero-order valence-corrected chi connectivity index (χ0v) is 12.1. The van der Waals surface area contributed by atoms with Gasteiger partial charge in [-0.2, -0.15) is 13.2 Å². The van der Waals surface area contributed by atoms with Gasteiger partial charge in [-0.25, -0.2) is 9.97 Å². The molecular formula is C12H19F3N4O2. The second-order valence-corrected chi connectivity index (χ2v) is 4.18. The van der Waals surface area contributed by atoms with Gasteiger partial charge in [0.05, 0.1) is 12.7 Å². The van der Waals surface area contributed by atoms with Gasteiger partial charge in [-0.15, -0.1) is 0 Å². The van der Waals surface area contributed by atoms with Gasteiger partial charge in [0.25, 0.3) is 0 Å². The molecule has 21 heavy (non-hydrogen) atoms. The van der Waals surface area contributed by atoms with E-state index in [2.05, 4.69) is 20.6 Å². The highest BCUT2D eigenvalue weighted by Crippen LogP contribution is 2.28. The number of rotatable bonds is 8. The van der Waals surface area contributed by atoms with E-state index in [9.17, 15) is 13.2 Å². The lowest BCUT2D eigenvalue weighted by Crippen LogP contribution is -2.27. The zero-order valence-electron chi connectivity index (χ0n) is 12.1. The first kappa shape index (κ1) is 17.4. The molecule has 0 aliphatic carbocycles. The van der Waals surface area contributed by atoms with Crippen molar-refractivity contribution in [2.24, 2.45) is 0 Å². The smallest absolute Gasteiger partial charge is 0.382 e. The molecular weight excluding hydrogens is 289 g/mol. The van der Waals surface area contributed by atoms with Crippen molar-refractivity contribution in [1.82, 2.24) is 9.97 Å². The van der Waals surface area contributed by atoms with Crippen molar-refractivity contribution in [2.75, 3.05) is 44.5 Å². The van der Waals surface area contributed by atoms with E-state index < -0.39 is 12.0 Å². The van der Waals surface area contributed by atoms with Crippen LogP contribution in [0.15, 0.2) is 6.07 Å². The molecule has 0 fully saturated rings. The zero-order chi connectivity index (χ0) is 15.9. The molecule has 0 radical (unpaired) electrons. The van der Waals surface area contributed by atoms with Crippen molar-refractivity contribution >= 4 is 11.6 Å². The van der Waals surface area contributed by atoms with Crippen molar-refractivity contribution in [3.63, 3.8) is 0 Å². The number of anilines is 2. The molecule has 0 saturated heterocycles. The highest BCUT2D eigenvalue weighted by atomic mass is 19.4. The average molecular weight is 308 g/mol. The molecule has 1 aromatic heterocycles. The van der Waals surface area contributed by atoms with Crippen LogP contribution in [0.1, 0.15) is 12.7 Å². The summed E-state index contributed by atoms with van der Waals surface area (Å²) in [6, 6.07) is 1.41. The lowest BCUT2D eigenvalue weighted by atomic mass is 10.3. The number of aromatic nitrogens is 2. The van der Waals surface area contributed by atoms with Gasteiger partial charge < -0.3 is 20.1 Å². The second kappa shape index (κ2) is 7.99. The molecule has 9 heteroatoms.